The average Bonchev–Trinajstić information content (AvgIpc) is 2.36. The van der Waals surface area contributed by atoms with E-state index < -0.39 is 0 Å². The van der Waals surface area contributed by atoms with E-state index in [9.17, 15) is 0 Å². The number of hydrogen-bond donors (Lipinski definition) is 0. The van der Waals surface area contributed by atoms with Crippen molar-refractivity contribution in [1.29, 1.82) is 0 Å². The standard InChI is InChI=1S/C17H20/c1-2-5-13-8-9-16-11-14-6-3-4-7-15(14)12-17(16)10-13/h3-4,6-7,11-13H,2,5,8-10H2,1H3. The van der Waals surface area contributed by atoms with Gasteiger partial charge in [-0.15, -0.1) is 0 Å². The summed E-state index contributed by atoms with van der Waals surface area (Å²) in [5.74, 6) is 0.925. The molecule has 2 aromatic rings. The molecule has 1 aliphatic rings. The molecule has 0 saturated heterocycles. The van der Waals surface area contributed by atoms with Crippen molar-refractivity contribution >= 4 is 10.8 Å². The highest BCUT2D eigenvalue weighted by Crippen LogP contribution is 2.31. The first kappa shape index (κ1) is 10.8. The van der Waals surface area contributed by atoms with Gasteiger partial charge in [0, 0.05) is 0 Å². The highest BCUT2D eigenvalue weighted by Gasteiger charge is 2.18. The predicted octanol–water partition coefficient (Wildman–Crippen LogP) is 4.74. The van der Waals surface area contributed by atoms with Crippen LogP contribution in [0.15, 0.2) is 36.4 Å². The number of rotatable bonds is 2. The van der Waals surface area contributed by atoms with E-state index in [1.54, 1.807) is 11.1 Å². The summed E-state index contributed by atoms with van der Waals surface area (Å²) in [7, 11) is 0. The minimum atomic E-state index is 0.925. The lowest BCUT2D eigenvalue weighted by Gasteiger charge is -2.24. The maximum atomic E-state index is 2.42. The Balaban J connectivity index is 1.99. The summed E-state index contributed by atoms with van der Waals surface area (Å²) in [5, 5.41) is 2.81. The third-order valence-corrected chi connectivity index (χ3v) is 4.10. The van der Waals surface area contributed by atoms with Crippen LogP contribution in [-0.4, -0.2) is 0 Å². The molecule has 0 heterocycles. The van der Waals surface area contributed by atoms with Crippen LogP contribution in [0.25, 0.3) is 10.8 Å². The molecular formula is C17H20. The molecule has 3 rings (SSSR count). The molecule has 0 heteroatoms. The van der Waals surface area contributed by atoms with Crippen LogP contribution in [0.3, 0.4) is 0 Å². The van der Waals surface area contributed by atoms with Gasteiger partial charge in [-0.25, -0.2) is 0 Å². The number of benzene rings is 2. The minimum Gasteiger partial charge on any atom is -0.0654 e. The fraction of sp³-hybridized carbons (Fsp3) is 0.412. The molecule has 0 aromatic heterocycles. The molecule has 0 bridgehead atoms. The SMILES string of the molecule is CCCC1CCc2cc3ccccc3cc2C1. The molecule has 0 aliphatic heterocycles. The van der Waals surface area contributed by atoms with Gasteiger partial charge < -0.3 is 0 Å². The van der Waals surface area contributed by atoms with Crippen LogP contribution in [-0.2, 0) is 12.8 Å². The molecule has 0 amide bonds. The molecule has 1 aliphatic carbocycles. The van der Waals surface area contributed by atoms with Gasteiger partial charge in [-0.1, -0.05) is 56.2 Å². The third kappa shape index (κ3) is 2.09. The van der Waals surface area contributed by atoms with Crippen LogP contribution >= 0.6 is 0 Å². The van der Waals surface area contributed by atoms with Crippen LogP contribution in [0, 0.1) is 5.92 Å². The number of fused-ring (bicyclic) bond motifs is 2. The zero-order valence-electron chi connectivity index (χ0n) is 10.6. The lowest BCUT2D eigenvalue weighted by atomic mass is 9.81. The van der Waals surface area contributed by atoms with Crippen molar-refractivity contribution in [3.63, 3.8) is 0 Å². The van der Waals surface area contributed by atoms with Gasteiger partial charge in [-0.3, -0.25) is 0 Å². The molecule has 0 spiro atoms. The molecule has 0 N–H and O–H groups in total. The predicted molar refractivity (Wildman–Crippen MR) is 74.4 cm³/mol. The smallest absolute Gasteiger partial charge is 0.0181 e. The van der Waals surface area contributed by atoms with Crippen LogP contribution in [0.1, 0.15) is 37.3 Å². The van der Waals surface area contributed by atoms with E-state index in [2.05, 4.69) is 43.3 Å². The Morgan fingerprint density at radius 2 is 1.76 bits per heavy atom. The van der Waals surface area contributed by atoms with Crippen LogP contribution in [0.2, 0.25) is 0 Å². The number of hydrogen-bond acceptors (Lipinski definition) is 0. The van der Waals surface area contributed by atoms with E-state index in [0.717, 1.165) is 5.92 Å². The van der Waals surface area contributed by atoms with Gasteiger partial charge >= 0.3 is 0 Å². The molecule has 2 aromatic carbocycles. The van der Waals surface area contributed by atoms with Crippen LogP contribution in [0.4, 0.5) is 0 Å². The fourth-order valence-corrected chi connectivity index (χ4v) is 3.18. The molecule has 0 fully saturated rings. The van der Waals surface area contributed by atoms with Crippen molar-refractivity contribution in [2.24, 2.45) is 5.92 Å². The summed E-state index contributed by atoms with van der Waals surface area (Å²) in [4.78, 5) is 0. The second kappa shape index (κ2) is 4.52. The van der Waals surface area contributed by atoms with Gasteiger partial charge in [0.2, 0.25) is 0 Å². The topological polar surface area (TPSA) is 0 Å². The average molecular weight is 224 g/mol. The molecule has 1 atom stereocenters. The minimum absolute atomic E-state index is 0.925. The van der Waals surface area contributed by atoms with E-state index in [4.69, 9.17) is 0 Å². The van der Waals surface area contributed by atoms with Gasteiger partial charge in [-0.05, 0) is 47.1 Å². The Morgan fingerprint density at radius 1 is 1.06 bits per heavy atom. The molecular weight excluding hydrogens is 204 g/mol. The Morgan fingerprint density at radius 3 is 2.47 bits per heavy atom. The van der Waals surface area contributed by atoms with Gasteiger partial charge in [-0.2, -0.15) is 0 Å². The molecule has 17 heavy (non-hydrogen) atoms. The Kier molecular flexibility index (Phi) is 2.88. The van der Waals surface area contributed by atoms with E-state index in [-0.39, 0.29) is 0 Å². The van der Waals surface area contributed by atoms with Crippen molar-refractivity contribution in [3.05, 3.63) is 47.5 Å². The Labute approximate surface area is 104 Å². The summed E-state index contributed by atoms with van der Waals surface area (Å²) >= 11 is 0. The highest BCUT2D eigenvalue weighted by molar-refractivity contribution is 5.84. The van der Waals surface area contributed by atoms with Gasteiger partial charge in [0.1, 0.15) is 0 Å². The van der Waals surface area contributed by atoms with E-state index >= 15 is 0 Å². The second-order valence-electron chi connectivity index (χ2n) is 5.37. The van der Waals surface area contributed by atoms with Crippen molar-refractivity contribution in [3.8, 4) is 0 Å². The first-order valence-electron chi connectivity index (χ1n) is 6.87. The molecule has 88 valence electrons. The van der Waals surface area contributed by atoms with Crippen molar-refractivity contribution in [2.45, 2.75) is 39.0 Å². The van der Waals surface area contributed by atoms with Crippen molar-refractivity contribution in [2.75, 3.05) is 0 Å². The maximum Gasteiger partial charge on any atom is -0.0181 e. The largest absolute Gasteiger partial charge is 0.0654 e. The third-order valence-electron chi connectivity index (χ3n) is 4.10. The molecule has 0 nitrogen and oxygen atoms in total. The Bertz CT molecular complexity index is 525. The fourth-order valence-electron chi connectivity index (χ4n) is 3.18. The molecule has 0 radical (unpaired) electrons. The van der Waals surface area contributed by atoms with Crippen molar-refractivity contribution < 1.29 is 0 Å². The molecule has 1 unspecified atom stereocenters. The van der Waals surface area contributed by atoms with Crippen LogP contribution in [0.5, 0.6) is 0 Å². The Hall–Kier alpha value is -1.30. The normalized spacial score (nSPS) is 19.2. The summed E-state index contributed by atoms with van der Waals surface area (Å²) in [6.07, 6.45) is 6.69. The summed E-state index contributed by atoms with van der Waals surface area (Å²) in [6, 6.07) is 13.6. The lowest BCUT2D eigenvalue weighted by molar-refractivity contribution is 0.423. The zero-order chi connectivity index (χ0) is 11.7. The van der Waals surface area contributed by atoms with E-state index in [0.29, 0.717) is 0 Å². The first-order chi connectivity index (χ1) is 8.36. The van der Waals surface area contributed by atoms with Gasteiger partial charge in [0.15, 0.2) is 0 Å². The summed E-state index contributed by atoms with van der Waals surface area (Å²) in [5.41, 5.74) is 3.20. The molecule has 0 saturated carbocycles. The quantitative estimate of drug-likeness (QED) is 0.691. The zero-order valence-corrected chi connectivity index (χ0v) is 10.6. The summed E-state index contributed by atoms with van der Waals surface area (Å²) in [6.45, 7) is 2.30. The van der Waals surface area contributed by atoms with E-state index in [1.807, 2.05) is 0 Å². The number of aryl methyl sites for hydroxylation is 1. The van der Waals surface area contributed by atoms with Crippen molar-refractivity contribution in [1.82, 2.24) is 0 Å². The highest BCUT2D eigenvalue weighted by atomic mass is 14.2. The van der Waals surface area contributed by atoms with Gasteiger partial charge in [0.05, 0.1) is 0 Å². The monoisotopic (exact) mass is 224 g/mol. The summed E-state index contributed by atoms with van der Waals surface area (Å²) < 4.78 is 0. The first-order valence-corrected chi connectivity index (χ1v) is 6.87. The maximum absolute atomic E-state index is 2.42. The van der Waals surface area contributed by atoms with E-state index in [1.165, 1.54) is 42.9 Å². The van der Waals surface area contributed by atoms with Crippen LogP contribution < -0.4 is 0 Å². The second-order valence-corrected chi connectivity index (χ2v) is 5.37. The lowest BCUT2D eigenvalue weighted by Crippen LogP contribution is -2.13. The van der Waals surface area contributed by atoms with Gasteiger partial charge in [0.25, 0.3) is 0 Å².